The van der Waals surface area contributed by atoms with Crippen LogP contribution in [0.3, 0.4) is 0 Å². The van der Waals surface area contributed by atoms with Crippen molar-refractivity contribution in [2.45, 2.75) is 6.54 Å². The molecule has 2 nitrogen and oxygen atoms in total. The van der Waals surface area contributed by atoms with E-state index in [1.54, 1.807) is 6.07 Å². The van der Waals surface area contributed by atoms with Crippen molar-refractivity contribution in [3.05, 3.63) is 63.9 Å². The summed E-state index contributed by atoms with van der Waals surface area (Å²) in [6, 6.07) is 12.8. The summed E-state index contributed by atoms with van der Waals surface area (Å²) in [7, 11) is 1.89. The third-order valence-electron chi connectivity index (χ3n) is 2.98. The number of hydrogen-bond donors (Lipinski definition) is 1. The predicted octanol–water partition coefficient (Wildman–Crippen LogP) is 3.86. The van der Waals surface area contributed by atoms with Crippen molar-refractivity contribution < 1.29 is 4.39 Å². The van der Waals surface area contributed by atoms with Crippen LogP contribution in [0, 0.1) is 5.82 Å². The number of halogens is 2. The molecule has 104 valence electrons. The Morgan fingerprint density at radius 1 is 1.25 bits per heavy atom. The summed E-state index contributed by atoms with van der Waals surface area (Å²) in [5.41, 5.74) is 7.73. The summed E-state index contributed by atoms with van der Waals surface area (Å²) in [6.45, 7) is 0.645. The zero-order valence-corrected chi connectivity index (χ0v) is 13.3. The Labute approximate surface area is 131 Å². The van der Waals surface area contributed by atoms with Gasteiger partial charge in [0.2, 0.25) is 0 Å². The van der Waals surface area contributed by atoms with E-state index in [1.165, 1.54) is 6.07 Å². The maximum Gasteiger partial charge on any atom is 0.135 e. The van der Waals surface area contributed by atoms with E-state index in [-0.39, 0.29) is 4.99 Å². The number of nitrogens with two attached hydrogens (primary N) is 1. The van der Waals surface area contributed by atoms with Crippen LogP contribution in [0.15, 0.2) is 46.9 Å². The van der Waals surface area contributed by atoms with E-state index in [9.17, 15) is 4.39 Å². The van der Waals surface area contributed by atoms with Gasteiger partial charge in [0.25, 0.3) is 0 Å². The van der Waals surface area contributed by atoms with Crippen molar-refractivity contribution in [3.63, 3.8) is 0 Å². The highest BCUT2D eigenvalue weighted by Gasteiger charge is 2.14. The first-order chi connectivity index (χ1) is 9.49. The van der Waals surface area contributed by atoms with Crippen molar-refractivity contribution >= 4 is 38.8 Å². The van der Waals surface area contributed by atoms with Crippen LogP contribution in [0.4, 0.5) is 10.1 Å². The van der Waals surface area contributed by atoms with E-state index in [1.807, 2.05) is 42.3 Å². The lowest BCUT2D eigenvalue weighted by molar-refractivity contribution is 0.624. The molecule has 0 heterocycles. The Balaban J connectivity index is 2.29. The molecule has 0 bridgehead atoms. The average Bonchev–Trinajstić information content (AvgIpc) is 2.40. The maximum absolute atomic E-state index is 13.9. The van der Waals surface area contributed by atoms with Crippen LogP contribution in [0.25, 0.3) is 0 Å². The molecule has 0 unspecified atom stereocenters. The van der Waals surface area contributed by atoms with E-state index in [4.69, 9.17) is 18.0 Å². The standard InChI is InChI=1S/C15H14BrFN2S/c1-19(9-10-5-7-11(16)8-6-10)13-4-2-3-12(17)14(13)15(18)20/h2-8H,9H2,1H3,(H2,18,20). The molecule has 0 fully saturated rings. The highest BCUT2D eigenvalue weighted by molar-refractivity contribution is 9.10. The monoisotopic (exact) mass is 352 g/mol. The summed E-state index contributed by atoms with van der Waals surface area (Å²) in [4.78, 5) is 2.00. The number of hydrogen-bond acceptors (Lipinski definition) is 2. The van der Waals surface area contributed by atoms with Crippen LogP contribution >= 0.6 is 28.1 Å². The van der Waals surface area contributed by atoms with Crippen LogP contribution in [0.2, 0.25) is 0 Å². The number of thiocarbonyl (C=S) groups is 1. The lowest BCUT2D eigenvalue weighted by atomic mass is 10.1. The van der Waals surface area contributed by atoms with Gasteiger partial charge in [-0.3, -0.25) is 0 Å². The Hall–Kier alpha value is -1.46. The first-order valence-corrected chi connectivity index (χ1v) is 7.23. The van der Waals surface area contributed by atoms with Gasteiger partial charge in [0.05, 0.1) is 5.56 Å². The molecule has 0 amide bonds. The van der Waals surface area contributed by atoms with E-state index >= 15 is 0 Å². The van der Waals surface area contributed by atoms with Crippen LogP contribution < -0.4 is 10.6 Å². The first-order valence-electron chi connectivity index (χ1n) is 6.03. The smallest absolute Gasteiger partial charge is 0.135 e. The van der Waals surface area contributed by atoms with E-state index < -0.39 is 5.82 Å². The van der Waals surface area contributed by atoms with Gasteiger partial charge >= 0.3 is 0 Å². The first kappa shape index (κ1) is 14.9. The van der Waals surface area contributed by atoms with Crippen molar-refractivity contribution in [2.75, 3.05) is 11.9 Å². The maximum atomic E-state index is 13.9. The SMILES string of the molecule is CN(Cc1ccc(Br)cc1)c1cccc(F)c1C(N)=S. The molecule has 0 atom stereocenters. The minimum Gasteiger partial charge on any atom is -0.389 e. The van der Waals surface area contributed by atoms with Gasteiger partial charge in [-0.05, 0) is 29.8 Å². The summed E-state index contributed by atoms with van der Waals surface area (Å²) in [5.74, 6) is -0.391. The fourth-order valence-electron chi connectivity index (χ4n) is 2.02. The van der Waals surface area contributed by atoms with Crippen LogP contribution in [0.5, 0.6) is 0 Å². The van der Waals surface area contributed by atoms with E-state index in [0.717, 1.165) is 10.0 Å². The third-order valence-corrected chi connectivity index (χ3v) is 3.72. The molecule has 0 saturated heterocycles. The minimum absolute atomic E-state index is 0.0701. The topological polar surface area (TPSA) is 29.3 Å². The summed E-state index contributed by atoms with van der Waals surface area (Å²) in [6.07, 6.45) is 0. The van der Waals surface area contributed by atoms with Crippen molar-refractivity contribution in [3.8, 4) is 0 Å². The molecule has 2 rings (SSSR count). The van der Waals surface area contributed by atoms with Gasteiger partial charge in [0.1, 0.15) is 10.8 Å². The normalized spacial score (nSPS) is 10.3. The highest BCUT2D eigenvalue weighted by Crippen LogP contribution is 2.24. The zero-order valence-electron chi connectivity index (χ0n) is 10.9. The van der Waals surface area contributed by atoms with Gasteiger partial charge in [-0.25, -0.2) is 4.39 Å². The quantitative estimate of drug-likeness (QED) is 0.847. The fourth-order valence-corrected chi connectivity index (χ4v) is 2.49. The van der Waals surface area contributed by atoms with E-state index in [2.05, 4.69) is 15.9 Å². The molecule has 20 heavy (non-hydrogen) atoms. The Kier molecular flexibility index (Phi) is 4.73. The summed E-state index contributed by atoms with van der Waals surface area (Å²) in [5, 5.41) is 0. The molecule has 0 aliphatic rings. The Bertz CT molecular complexity index is 628. The van der Waals surface area contributed by atoms with Crippen molar-refractivity contribution in [2.24, 2.45) is 5.73 Å². The van der Waals surface area contributed by atoms with Gasteiger partial charge in [-0.2, -0.15) is 0 Å². The molecule has 2 N–H and O–H groups in total. The van der Waals surface area contributed by atoms with Crippen molar-refractivity contribution in [1.82, 2.24) is 0 Å². The number of nitrogens with zero attached hydrogens (tertiary/aromatic N) is 1. The molecule has 5 heteroatoms. The number of anilines is 1. The number of rotatable bonds is 4. The molecule has 0 aromatic heterocycles. The molecule has 0 saturated carbocycles. The van der Waals surface area contributed by atoms with Gasteiger partial charge in [0.15, 0.2) is 0 Å². The molecule has 2 aromatic carbocycles. The molecule has 2 aromatic rings. The second-order valence-electron chi connectivity index (χ2n) is 4.48. The number of benzene rings is 2. The average molecular weight is 353 g/mol. The molecule has 0 radical (unpaired) electrons. The second-order valence-corrected chi connectivity index (χ2v) is 5.84. The minimum atomic E-state index is -0.391. The predicted molar refractivity (Wildman–Crippen MR) is 88.5 cm³/mol. The van der Waals surface area contributed by atoms with Crippen LogP contribution in [-0.2, 0) is 6.54 Å². The Morgan fingerprint density at radius 3 is 2.50 bits per heavy atom. The fraction of sp³-hybridized carbons (Fsp3) is 0.133. The summed E-state index contributed by atoms with van der Waals surface area (Å²) < 4.78 is 14.9. The van der Waals surface area contributed by atoms with Gasteiger partial charge in [-0.15, -0.1) is 0 Å². The molecular weight excluding hydrogens is 339 g/mol. The van der Waals surface area contributed by atoms with Gasteiger partial charge in [-0.1, -0.05) is 46.3 Å². The van der Waals surface area contributed by atoms with Crippen molar-refractivity contribution in [1.29, 1.82) is 0 Å². The van der Waals surface area contributed by atoms with Gasteiger partial charge in [0, 0.05) is 23.8 Å². The Morgan fingerprint density at radius 2 is 1.90 bits per heavy atom. The zero-order chi connectivity index (χ0) is 14.7. The lowest BCUT2D eigenvalue weighted by Gasteiger charge is -2.22. The van der Waals surface area contributed by atoms with Gasteiger partial charge < -0.3 is 10.6 Å². The molecular formula is C15H14BrFN2S. The molecule has 0 aliphatic heterocycles. The highest BCUT2D eigenvalue weighted by atomic mass is 79.9. The molecule has 0 spiro atoms. The van der Waals surface area contributed by atoms with Crippen LogP contribution in [-0.4, -0.2) is 12.0 Å². The largest absolute Gasteiger partial charge is 0.389 e. The second kappa shape index (κ2) is 6.33. The molecule has 0 aliphatic carbocycles. The third kappa shape index (κ3) is 3.35. The lowest BCUT2D eigenvalue weighted by Crippen LogP contribution is -2.22. The van der Waals surface area contributed by atoms with E-state index in [0.29, 0.717) is 17.8 Å². The van der Waals surface area contributed by atoms with Crippen LogP contribution in [0.1, 0.15) is 11.1 Å². The summed E-state index contributed by atoms with van der Waals surface area (Å²) >= 11 is 8.34.